The number of aryl methyl sites for hydroxylation is 1. The summed E-state index contributed by atoms with van der Waals surface area (Å²) in [5.41, 5.74) is 0.934. The zero-order valence-corrected chi connectivity index (χ0v) is 11.0. The smallest absolute Gasteiger partial charge is 0.106 e. The summed E-state index contributed by atoms with van der Waals surface area (Å²) >= 11 is 0. The Labute approximate surface area is 109 Å². The highest BCUT2D eigenvalue weighted by Gasteiger charge is 2.09. The highest BCUT2D eigenvalue weighted by molar-refractivity contribution is 5.06. The summed E-state index contributed by atoms with van der Waals surface area (Å²) in [4.78, 5) is 10.1. The van der Waals surface area contributed by atoms with Crippen LogP contribution in [0.3, 0.4) is 0 Å². The van der Waals surface area contributed by atoms with Gasteiger partial charge in [-0.15, -0.1) is 0 Å². The Kier molecular flexibility index (Phi) is 5.22. The van der Waals surface area contributed by atoms with Crippen molar-refractivity contribution < 1.29 is 0 Å². The average molecular weight is 246 g/mol. The lowest BCUT2D eigenvalue weighted by molar-refractivity contribution is 0.225. The largest absolute Gasteiger partial charge is 0.345 e. The maximum absolute atomic E-state index is 8.58. The minimum atomic E-state index is 0.431. The molecule has 2 rings (SSSR count). The van der Waals surface area contributed by atoms with Crippen LogP contribution in [0.2, 0.25) is 0 Å². The van der Waals surface area contributed by atoms with Crippen molar-refractivity contribution in [2.75, 3.05) is 19.6 Å². The Morgan fingerprint density at radius 2 is 2.11 bits per heavy atom. The number of aromatic amines is 1. The molecule has 0 aliphatic carbocycles. The normalized spacial score (nSPS) is 16.6. The molecule has 0 unspecified atom stereocenters. The molecule has 1 fully saturated rings. The standard InChI is InChI=1S/C14H22N4/c15-8-7-13-12-16-14(17-13)6-2-5-11-18-9-3-1-4-10-18/h12H,1-7,9-11H2,(H,16,17). The molecule has 18 heavy (non-hydrogen) atoms. The molecule has 0 saturated carbocycles. The van der Waals surface area contributed by atoms with Crippen LogP contribution in [0, 0.1) is 11.3 Å². The van der Waals surface area contributed by atoms with Gasteiger partial charge in [-0.2, -0.15) is 5.26 Å². The quantitative estimate of drug-likeness (QED) is 0.783. The molecule has 1 aliphatic rings. The lowest BCUT2D eigenvalue weighted by Crippen LogP contribution is -2.30. The molecule has 0 aromatic carbocycles. The van der Waals surface area contributed by atoms with Gasteiger partial charge in [-0.25, -0.2) is 4.98 Å². The minimum absolute atomic E-state index is 0.431. The maximum Gasteiger partial charge on any atom is 0.106 e. The van der Waals surface area contributed by atoms with E-state index < -0.39 is 0 Å². The van der Waals surface area contributed by atoms with E-state index in [1.165, 1.54) is 51.7 Å². The monoisotopic (exact) mass is 246 g/mol. The van der Waals surface area contributed by atoms with Crippen molar-refractivity contribution in [2.24, 2.45) is 0 Å². The molecule has 1 aromatic heterocycles. The first kappa shape index (κ1) is 13.1. The summed E-state index contributed by atoms with van der Waals surface area (Å²) in [6, 6.07) is 2.13. The number of nitriles is 1. The molecule has 1 aromatic rings. The van der Waals surface area contributed by atoms with Gasteiger partial charge in [0.05, 0.1) is 12.5 Å². The van der Waals surface area contributed by atoms with E-state index in [1.54, 1.807) is 6.20 Å². The van der Waals surface area contributed by atoms with Gasteiger partial charge in [0.2, 0.25) is 0 Å². The van der Waals surface area contributed by atoms with Crippen molar-refractivity contribution in [3.8, 4) is 6.07 Å². The highest BCUT2D eigenvalue weighted by Crippen LogP contribution is 2.10. The Bertz CT molecular complexity index is 385. The van der Waals surface area contributed by atoms with E-state index >= 15 is 0 Å². The number of hydrogen-bond acceptors (Lipinski definition) is 3. The highest BCUT2D eigenvalue weighted by atomic mass is 15.1. The van der Waals surface area contributed by atoms with Crippen molar-refractivity contribution in [2.45, 2.75) is 44.9 Å². The topological polar surface area (TPSA) is 55.7 Å². The van der Waals surface area contributed by atoms with Crippen LogP contribution < -0.4 is 0 Å². The number of nitrogens with zero attached hydrogens (tertiary/aromatic N) is 3. The van der Waals surface area contributed by atoms with Crippen molar-refractivity contribution in [1.29, 1.82) is 5.26 Å². The molecular weight excluding hydrogens is 224 g/mol. The van der Waals surface area contributed by atoms with Crippen LogP contribution in [-0.2, 0) is 12.8 Å². The number of aromatic nitrogens is 2. The first-order valence-electron chi connectivity index (χ1n) is 7.00. The number of likely N-dealkylation sites (tertiary alicyclic amines) is 1. The minimum Gasteiger partial charge on any atom is -0.345 e. The van der Waals surface area contributed by atoms with Crippen molar-refractivity contribution >= 4 is 0 Å². The third-order valence-corrected chi connectivity index (χ3v) is 3.54. The van der Waals surface area contributed by atoms with E-state index in [1.807, 2.05) is 0 Å². The van der Waals surface area contributed by atoms with Crippen LogP contribution in [0.5, 0.6) is 0 Å². The van der Waals surface area contributed by atoms with Crippen molar-refractivity contribution in [3.63, 3.8) is 0 Å². The molecule has 1 saturated heterocycles. The van der Waals surface area contributed by atoms with E-state index in [2.05, 4.69) is 20.9 Å². The molecule has 0 bridgehead atoms. The third kappa shape index (κ3) is 4.15. The van der Waals surface area contributed by atoms with Crippen LogP contribution in [0.25, 0.3) is 0 Å². The molecule has 0 amide bonds. The molecule has 0 spiro atoms. The van der Waals surface area contributed by atoms with E-state index in [-0.39, 0.29) is 0 Å². The van der Waals surface area contributed by atoms with Gasteiger partial charge >= 0.3 is 0 Å². The summed E-state index contributed by atoms with van der Waals surface area (Å²) in [5.74, 6) is 1.03. The molecule has 4 nitrogen and oxygen atoms in total. The first-order valence-corrected chi connectivity index (χ1v) is 7.00. The molecule has 98 valence electrons. The van der Waals surface area contributed by atoms with Gasteiger partial charge in [-0.3, -0.25) is 0 Å². The Hall–Kier alpha value is -1.34. The van der Waals surface area contributed by atoms with Gasteiger partial charge in [0.1, 0.15) is 5.82 Å². The Balaban J connectivity index is 1.61. The predicted octanol–water partition coefficient (Wildman–Crippen LogP) is 2.28. The van der Waals surface area contributed by atoms with Crippen LogP contribution in [0.15, 0.2) is 6.20 Å². The molecule has 0 radical (unpaired) electrons. The van der Waals surface area contributed by atoms with E-state index in [0.29, 0.717) is 6.42 Å². The van der Waals surface area contributed by atoms with Gasteiger partial charge in [-0.1, -0.05) is 6.42 Å². The Morgan fingerprint density at radius 3 is 2.89 bits per heavy atom. The first-order chi connectivity index (χ1) is 8.88. The maximum atomic E-state index is 8.58. The molecule has 0 atom stereocenters. The zero-order chi connectivity index (χ0) is 12.6. The molecule has 2 heterocycles. The number of H-pyrrole nitrogens is 1. The van der Waals surface area contributed by atoms with Gasteiger partial charge in [0.15, 0.2) is 0 Å². The van der Waals surface area contributed by atoms with Crippen LogP contribution in [0.1, 0.15) is 43.6 Å². The SMILES string of the molecule is N#CCc1cnc(CCCCN2CCCCC2)[nH]1. The van der Waals surface area contributed by atoms with E-state index in [0.717, 1.165) is 17.9 Å². The van der Waals surface area contributed by atoms with E-state index in [4.69, 9.17) is 5.26 Å². The second-order valence-electron chi connectivity index (χ2n) is 5.05. The van der Waals surface area contributed by atoms with Crippen LogP contribution >= 0.6 is 0 Å². The summed E-state index contributed by atoms with van der Waals surface area (Å²) in [6.45, 7) is 3.80. The van der Waals surface area contributed by atoms with E-state index in [9.17, 15) is 0 Å². The summed E-state index contributed by atoms with van der Waals surface area (Å²) in [6.07, 6.45) is 9.78. The number of imidazole rings is 1. The van der Waals surface area contributed by atoms with Crippen LogP contribution in [0.4, 0.5) is 0 Å². The average Bonchev–Trinajstić information content (AvgIpc) is 2.84. The molecular formula is C14H22N4. The number of hydrogen-bond donors (Lipinski definition) is 1. The fourth-order valence-corrected chi connectivity index (χ4v) is 2.52. The second kappa shape index (κ2) is 7.17. The summed E-state index contributed by atoms with van der Waals surface area (Å²) < 4.78 is 0. The van der Waals surface area contributed by atoms with Gasteiger partial charge in [0, 0.05) is 18.3 Å². The molecule has 4 heteroatoms. The zero-order valence-electron chi connectivity index (χ0n) is 11.0. The number of nitrogens with one attached hydrogen (secondary N) is 1. The van der Waals surface area contributed by atoms with Gasteiger partial charge in [-0.05, 0) is 45.3 Å². The second-order valence-corrected chi connectivity index (χ2v) is 5.05. The van der Waals surface area contributed by atoms with Crippen molar-refractivity contribution in [3.05, 3.63) is 17.7 Å². The number of unbranched alkanes of at least 4 members (excludes halogenated alkanes) is 1. The summed E-state index contributed by atoms with van der Waals surface area (Å²) in [5, 5.41) is 8.58. The number of rotatable bonds is 6. The Morgan fingerprint density at radius 1 is 1.28 bits per heavy atom. The lowest BCUT2D eigenvalue weighted by atomic mass is 10.1. The van der Waals surface area contributed by atoms with Gasteiger partial charge in [0.25, 0.3) is 0 Å². The summed E-state index contributed by atoms with van der Waals surface area (Å²) in [7, 11) is 0. The molecule has 1 aliphatic heterocycles. The third-order valence-electron chi connectivity index (χ3n) is 3.54. The fourth-order valence-electron chi connectivity index (χ4n) is 2.52. The predicted molar refractivity (Wildman–Crippen MR) is 71.1 cm³/mol. The van der Waals surface area contributed by atoms with Crippen molar-refractivity contribution in [1.82, 2.24) is 14.9 Å². The number of piperidine rings is 1. The lowest BCUT2D eigenvalue weighted by Gasteiger charge is -2.26. The van der Waals surface area contributed by atoms with Crippen LogP contribution in [-0.4, -0.2) is 34.5 Å². The molecule has 1 N–H and O–H groups in total. The van der Waals surface area contributed by atoms with Gasteiger partial charge < -0.3 is 9.88 Å². The fraction of sp³-hybridized carbons (Fsp3) is 0.714.